The molecule has 6 heteroatoms. The largest absolute Gasteiger partial charge is 0.395 e. The number of H-pyrrole nitrogens is 1. The summed E-state index contributed by atoms with van der Waals surface area (Å²) in [4.78, 5) is 16.7. The van der Waals surface area contributed by atoms with Gasteiger partial charge in [0.05, 0.1) is 11.4 Å². The first-order valence-electron chi connectivity index (χ1n) is 7.45. The van der Waals surface area contributed by atoms with E-state index in [0.29, 0.717) is 23.3 Å². The standard InChI is InChI=1S/C14H23N5O/c1-9(2)18-5-7-19(8-6-18)14(20)13-11(15)12(16-17-13)10-3-4-10/h9-10H,3-8,15H2,1-2H3,(H,16,17). The number of nitrogen functional groups attached to an aromatic ring is 1. The second-order valence-electron chi connectivity index (χ2n) is 6.10. The number of nitrogens with one attached hydrogen (secondary N) is 1. The number of amides is 1. The lowest BCUT2D eigenvalue weighted by Gasteiger charge is -2.36. The van der Waals surface area contributed by atoms with E-state index in [4.69, 9.17) is 5.73 Å². The maximum absolute atomic E-state index is 12.5. The molecule has 1 amide bonds. The van der Waals surface area contributed by atoms with Crippen LogP contribution in [0.15, 0.2) is 0 Å². The van der Waals surface area contributed by atoms with E-state index in [2.05, 4.69) is 28.9 Å². The van der Waals surface area contributed by atoms with Gasteiger partial charge in [-0.05, 0) is 26.7 Å². The van der Waals surface area contributed by atoms with Crippen LogP contribution in [0.4, 0.5) is 5.69 Å². The summed E-state index contributed by atoms with van der Waals surface area (Å²) in [5.41, 5.74) is 8.00. The van der Waals surface area contributed by atoms with E-state index >= 15 is 0 Å². The molecule has 1 aliphatic heterocycles. The number of carbonyl (C=O) groups excluding carboxylic acids is 1. The third-order valence-electron chi connectivity index (χ3n) is 4.35. The van der Waals surface area contributed by atoms with Crippen molar-refractivity contribution in [2.75, 3.05) is 31.9 Å². The zero-order chi connectivity index (χ0) is 14.3. The SMILES string of the molecule is CC(C)N1CCN(C(=O)c2n[nH]c(C3CC3)c2N)CC1. The molecule has 1 saturated heterocycles. The van der Waals surface area contributed by atoms with E-state index in [-0.39, 0.29) is 5.91 Å². The van der Waals surface area contributed by atoms with Crippen LogP contribution in [0.25, 0.3) is 0 Å². The van der Waals surface area contributed by atoms with Crippen LogP contribution in [-0.4, -0.2) is 58.1 Å². The number of nitrogens with two attached hydrogens (primary N) is 1. The minimum Gasteiger partial charge on any atom is -0.395 e. The van der Waals surface area contributed by atoms with Crippen LogP contribution in [0, 0.1) is 0 Å². The molecule has 0 bridgehead atoms. The second kappa shape index (κ2) is 5.09. The Labute approximate surface area is 119 Å². The molecule has 1 saturated carbocycles. The van der Waals surface area contributed by atoms with Crippen molar-refractivity contribution in [1.29, 1.82) is 0 Å². The van der Waals surface area contributed by atoms with Gasteiger partial charge in [-0.25, -0.2) is 0 Å². The number of hydrogen-bond donors (Lipinski definition) is 2. The molecule has 1 aliphatic carbocycles. The smallest absolute Gasteiger partial charge is 0.276 e. The average molecular weight is 277 g/mol. The Morgan fingerprint density at radius 2 is 1.95 bits per heavy atom. The van der Waals surface area contributed by atoms with Crippen LogP contribution in [0.5, 0.6) is 0 Å². The van der Waals surface area contributed by atoms with Crippen molar-refractivity contribution in [3.05, 3.63) is 11.4 Å². The van der Waals surface area contributed by atoms with Crippen LogP contribution in [0.1, 0.15) is 48.8 Å². The fraction of sp³-hybridized carbons (Fsp3) is 0.714. The van der Waals surface area contributed by atoms with Crippen LogP contribution >= 0.6 is 0 Å². The number of rotatable bonds is 3. The number of hydrogen-bond acceptors (Lipinski definition) is 4. The quantitative estimate of drug-likeness (QED) is 0.865. The fourth-order valence-corrected chi connectivity index (χ4v) is 2.80. The molecule has 2 heterocycles. The highest BCUT2D eigenvalue weighted by atomic mass is 16.2. The molecule has 110 valence electrons. The molecule has 3 rings (SSSR count). The average Bonchev–Trinajstić information content (AvgIpc) is 3.21. The van der Waals surface area contributed by atoms with Crippen molar-refractivity contribution in [3.63, 3.8) is 0 Å². The van der Waals surface area contributed by atoms with Crippen LogP contribution in [-0.2, 0) is 0 Å². The molecule has 1 aromatic heterocycles. The number of piperazine rings is 1. The maximum Gasteiger partial charge on any atom is 0.276 e. The van der Waals surface area contributed by atoms with Crippen molar-refractivity contribution >= 4 is 11.6 Å². The van der Waals surface area contributed by atoms with Gasteiger partial charge in [-0.15, -0.1) is 0 Å². The Morgan fingerprint density at radius 1 is 1.30 bits per heavy atom. The molecule has 3 N–H and O–H groups in total. The lowest BCUT2D eigenvalue weighted by molar-refractivity contribution is 0.0591. The summed E-state index contributed by atoms with van der Waals surface area (Å²) in [7, 11) is 0. The summed E-state index contributed by atoms with van der Waals surface area (Å²) >= 11 is 0. The Morgan fingerprint density at radius 3 is 2.50 bits per heavy atom. The Kier molecular flexibility index (Phi) is 3.41. The van der Waals surface area contributed by atoms with Gasteiger partial charge in [0.1, 0.15) is 0 Å². The molecular weight excluding hydrogens is 254 g/mol. The first-order chi connectivity index (χ1) is 9.58. The van der Waals surface area contributed by atoms with E-state index in [9.17, 15) is 4.79 Å². The van der Waals surface area contributed by atoms with Crippen molar-refractivity contribution in [2.24, 2.45) is 0 Å². The predicted octanol–water partition coefficient (Wildman–Crippen LogP) is 1.04. The second-order valence-corrected chi connectivity index (χ2v) is 6.10. The third-order valence-corrected chi connectivity index (χ3v) is 4.35. The summed E-state index contributed by atoms with van der Waals surface area (Å²) in [5, 5.41) is 7.10. The first-order valence-corrected chi connectivity index (χ1v) is 7.45. The van der Waals surface area contributed by atoms with Gasteiger partial charge in [-0.3, -0.25) is 14.8 Å². The molecule has 6 nitrogen and oxygen atoms in total. The summed E-state index contributed by atoms with van der Waals surface area (Å²) < 4.78 is 0. The highest BCUT2D eigenvalue weighted by Gasteiger charge is 2.32. The monoisotopic (exact) mass is 277 g/mol. The number of anilines is 1. The number of aromatic amines is 1. The predicted molar refractivity (Wildman–Crippen MR) is 77.6 cm³/mol. The molecule has 20 heavy (non-hydrogen) atoms. The highest BCUT2D eigenvalue weighted by molar-refractivity contribution is 5.97. The zero-order valence-corrected chi connectivity index (χ0v) is 12.2. The highest BCUT2D eigenvalue weighted by Crippen LogP contribution is 2.42. The summed E-state index contributed by atoms with van der Waals surface area (Å²) in [6.45, 7) is 7.72. The summed E-state index contributed by atoms with van der Waals surface area (Å²) in [5.74, 6) is 0.455. The van der Waals surface area contributed by atoms with Crippen LogP contribution in [0.2, 0.25) is 0 Å². The van der Waals surface area contributed by atoms with Crippen LogP contribution in [0.3, 0.4) is 0 Å². The minimum absolute atomic E-state index is 0.0333. The van der Waals surface area contributed by atoms with Gasteiger partial charge in [0.25, 0.3) is 5.91 Å². The molecule has 1 aromatic rings. The number of nitrogens with zero attached hydrogens (tertiary/aromatic N) is 3. The molecule has 2 aliphatic rings. The fourth-order valence-electron chi connectivity index (χ4n) is 2.80. The van der Waals surface area contributed by atoms with Gasteiger partial charge in [0, 0.05) is 38.1 Å². The third kappa shape index (κ3) is 2.40. The minimum atomic E-state index is -0.0333. The summed E-state index contributed by atoms with van der Waals surface area (Å²) in [6.07, 6.45) is 2.29. The van der Waals surface area contributed by atoms with Gasteiger partial charge < -0.3 is 10.6 Å². The maximum atomic E-state index is 12.5. The molecule has 0 radical (unpaired) electrons. The van der Waals surface area contributed by atoms with E-state index < -0.39 is 0 Å². The lowest BCUT2D eigenvalue weighted by atomic mass is 10.2. The molecule has 2 fully saturated rings. The van der Waals surface area contributed by atoms with Gasteiger partial charge in [-0.1, -0.05) is 0 Å². The van der Waals surface area contributed by atoms with Crippen molar-refractivity contribution in [3.8, 4) is 0 Å². The molecule has 0 aromatic carbocycles. The topological polar surface area (TPSA) is 78.2 Å². The molecule has 0 unspecified atom stereocenters. The van der Waals surface area contributed by atoms with Gasteiger partial charge in [0.2, 0.25) is 0 Å². The van der Waals surface area contributed by atoms with Crippen molar-refractivity contribution in [1.82, 2.24) is 20.0 Å². The van der Waals surface area contributed by atoms with Crippen LogP contribution < -0.4 is 5.73 Å². The normalized spacial score (nSPS) is 20.6. The van der Waals surface area contributed by atoms with E-state index in [1.807, 2.05) is 4.90 Å². The molecular formula is C14H23N5O. The van der Waals surface area contributed by atoms with E-state index in [1.54, 1.807) is 0 Å². The van der Waals surface area contributed by atoms with Gasteiger partial charge in [0.15, 0.2) is 5.69 Å². The zero-order valence-electron chi connectivity index (χ0n) is 12.2. The van der Waals surface area contributed by atoms with Gasteiger partial charge in [-0.2, -0.15) is 5.10 Å². The number of aromatic nitrogens is 2. The number of carbonyl (C=O) groups is 1. The van der Waals surface area contributed by atoms with E-state index in [0.717, 1.165) is 44.7 Å². The Bertz CT molecular complexity index is 498. The molecule has 0 spiro atoms. The van der Waals surface area contributed by atoms with Gasteiger partial charge >= 0.3 is 0 Å². The van der Waals surface area contributed by atoms with Crippen molar-refractivity contribution in [2.45, 2.75) is 38.6 Å². The van der Waals surface area contributed by atoms with Crippen molar-refractivity contribution < 1.29 is 4.79 Å². The summed E-state index contributed by atoms with van der Waals surface area (Å²) in [6, 6.07) is 0.532. The Hall–Kier alpha value is -1.56. The van der Waals surface area contributed by atoms with E-state index in [1.165, 1.54) is 0 Å². The Balaban J connectivity index is 1.67. The first kappa shape index (κ1) is 13.4. The lowest BCUT2D eigenvalue weighted by Crippen LogP contribution is -2.50. The molecule has 0 atom stereocenters.